The van der Waals surface area contributed by atoms with Crippen molar-refractivity contribution in [1.82, 2.24) is 4.98 Å². The van der Waals surface area contributed by atoms with Crippen molar-refractivity contribution in [2.24, 2.45) is 0 Å². The number of benzene rings is 1. The first-order valence-electron chi connectivity index (χ1n) is 9.91. The Morgan fingerprint density at radius 1 is 1.23 bits per heavy atom. The molecule has 0 bridgehead atoms. The Labute approximate surface area is 187 Å². The maximum atomic E-state index is 13.3. The van der Waals surface area contributed by atoms with Crippen molar-refractivity contribution >= 4 is 39.5 Å². The zero-order valence-corrected chi connectivity index (χ0v) is 18.7. The predicted molar refractivity (Wildman–Crippen MR) is 118 cm³/mol. The van der Waals surface area contributed by atoms with Gasteiger partial charge in [0.1, 0.15) is 12.4 Å². The van der Waals surface area contributed by atoms with Crippen molar-refractivity contribution < 1.29 is 23.8 Å². The van der Waals surface area contributed by atoms with E-state index in [1.165, 1.54) is 29.6 Å². The number of rotatable bonds is 7. The van der Waals surface area contributed by atoms with Gasteiger partial charge >= 0.3 is 0 Å². The van der Waals surface area contributed by atoms with Crippen LogP contribution < -0.4 is 19.1 Å². The normalized spacial score (nSPS) is 14.5. The van der Waals surface area contributed by atoms with Gasteiger partial charge in [0.25, 0.3) is 5.91 Å². The lowest BCUT2D eigenvalue weighted by molar-refractivity contribution is 0.0986. The molecule has 7 nitrogen and oxygen atoms in total. The number of thiazole rings is 1. The summed E-state index contributed by atoms with van der Waals surface area (Å²) in [5, 5.41) is 2.53. The number of carbonyl (C=O) groups excluding carboxylic acids is 2. The first kappa shape index (κ1) is 20.0. The molecule has 0 saturated heterocycles. The molecule has 3 aromatic rings. The summed E-state index contributed by atoms with van der Waals surface area (Å²) in [5.74, 6) is 1.95. The highest BCUT2D eigenvalue weighted by molar-refractivity contribution is 7.18. The SMILES string of the molecule is CC(=O)c1sc(N(C(=O)c2cc(COc3ccc4c(c3)OCO4)cs2)C2CC2)nc1C. The summed E-state index contributed by atoms with van der Waals surface area (Å²) in [6.07, 6.45) is 1.90. The summed E-state index contributed by atoms with van der Waals surface area (Å²) in [6.45, 7) is 3.90. The summed E-state index contributed by atoms with van der Waals surface area (Å²) < 4.78 is 16.5. The second kappa shape index (κ2) is 7.97. The number of amides is 1. The highest BCUT2D eigenvalue weighted by Crippen LogP contribution is 2.38. The zero-order valence-electron chi connectivity index (χ0n) is 17.0. The third kappa shape index (κ3) is 4.03. The Morgan fingerprint density at radius 3 is 2.77 bits per heavy atom. The summed E-state index contributed by atoms with van der Waals surface area (Å²) in [6, 6.07) is 7.46. The zero-order chi connectivity index (χ0) is 21.5. The Kier molecular flexibility index (Phi) is 5.15. The van der Waals surface area contributed by atoms with Gasteiger partial charge in [0.15, 0.2) is 22.4 Å². The van der Waals surface area contributed by atoms with Gasteiger partial charge in [0, 0.05) is 24.6 Å². The lowest BCUT2D eigenvalue weighted by Crippen LogP contribution is -2.32. The molecular weight excluding hydrogens is 436 g/mol. The number of aromatic nitrogens is 1. The molecule has 5 rings (SSSR count). The van der Waals surface area contributed by atoms with Crippen LogP contribution in [0.25, 0.3) is 0 Å². The van der Waals surface area contributed by atoms with Crippen LogP contribution in [0.4, 0.5) is 5.13 Å². The molecule has 1 fully saturated rings. The van der Waals surface area contributed by atoms with E-state index in [4.69, 9.17) is 14.2 Å². The number of thiophene rings is 1. The van der Waals surface area contributed by atoms with E-state index in [1.807, 2.05) is 30.5 Å². The van der Waals surface area contributed by atoms with E-state index in [0.717, 1.165) is 18.4 Å². The van der Waals surface area contributed by atoms with Gasteiger partial charge in [-0.05, 0) is 43.3 Å². The van der Waals surface area contributed by atoms with Crippen LogP contribution in [-0.4, -0.2) is 29.5 Å². The molecule has 160 valence electrons. The van der Waals surface area contributed by atoms with Gasteiger partial charge in [-0.3, -0.25) is 14.5 Å². The number of nitrogens with zero attached hydrogens (tertiary/aromatic N) is 2. The maximum Gasteiger partial charge on any atom is 0.270 e. The molecule has 0 radical (unpaired) electrons. The largest absolute Gasteiger partial charge is 0.489 e. The van der Waals surface area contributed by atoms with Crippen molar-refractivity contribution in [2.75, 3.05) is 11.7 Å². The van der Waals surface area contributed by atoms with Gasteiger partial charge in [-0.2, -0.15) is 0 Å². The van der Waals surface area contributed by atoms with Crippen molar-refractivity contribution in [2.45, 2.75) is 39.3 Å². The fourth-order valence-corrected chi connectivity index (χ4v) is 5.23. The third-order valence-electron chi connectivity index (χ3n) is 5.06. The van der Waals surface area contributed by atoms with Crippen molar-refractivity contribution in [3.8, 4) is 17.2 Å². The molecule has 9 heteroatoms. The second-order valence-corrected chi connectivity index (χ2v) is 9.39. The lowest BCUT2D eigenvalue weighted by atomic mass is 10.3. The fourth-order valence-electron chi connectivity index (χ4n) is 3.37. The van der Waals surface area contributed by atoms with Gasteiger partial charge < -0.3 is 14.2 Å². The van der Waals surface area contributed by atoms with Crippen LogP contribution in [0, 0.1) is 6.92 Å². The number of ether oxygens (including phenoxy) is 3. The molecule has 1 aromatic carbocycles. The molecule has 0 atom stereocenters. The monoisotopic (exact) mass is 456 g/mol. The number of fused-ring (bicyclic) bond motifs is 1. The van der Waals surface area contributed by atoms with Crippen LogP contribution in [0.15, 0.2) is 29.6 Å². The van der Waals surface area contributed by atoms with Crippen LogP contribution in [-0.2, 0) is 6.61 Å². The lowest BCUT2D eigenvalue weighted by Gasteiger charge is -2.18. The molecule has 2 aromatic heterocycles. The van der Waals surface area contributed by atoms with E-state index in [1.54, 1.807) is 11.0 Å². The third-order valence-corrected chi connectivity index (χ3v) is 7.28. The number of aryl methyl sites for hydroxylation is 1. The smallest absolute Gasteiger partial charge is 0.270 e. The highest BCUT2D eigenvalue weighted by atomic mass is 32.1. The van der Waals surface area contributed by atoms with Crippen LogP contribution in [0.3, 0.4) is 0 Å². The fraction of sp³-hybridized carbons (Fsp3) is 0.318. The molecule has 1 saturated carbocycles. The van der Waals surface area contributed by atoms with Crippen LogP contribution in [0.5, 0.6) is 17.2 Å². The molecule has 1 aliphatic carbocycles. The number of carbonyl (C=O) groups is 2. The first-order valence-corrected chi connectivity index (χ1v) is 11.6. The predicted octanol–water partition coefficient (Wildman–Crippen LogP) is 4.83. The van der Waals surface area contributed by atoms with Crippen LogP contribution in [0.2, 0.25) is 0 Å². The first-order chi connectivity index (χ1) is 15.0. The minimum atomic E-state index is -0.0781. The topological polar surface area (TPSA) is 78.0 Å². The molecule has 31 heavy (non-hydrogen) atoms. The van der Waals surface area contributed by atoms with Gasteiger partial charge in [-0.25, -0.2) is 4.98 Å². The van der Waals surface area contributed by atoms with E-state index in [2.05, 4.69) is 4.98 Å². The van der Waals surface area contributed by atoms with Crippen LogP contribution >= 0.6 is 22.7 Å². The number of hydrogen-bond acceptors (Lipinski definition) is 8. The van der Waals surface area contributed by atoms with E-state index < -0.39 is 0 Å². The van der Waals surface area contributed by atoms with E-state index >= 15 is 0 Å². The average Bonchev–Trinajstić information content (AvgIpc) is 3.15. The van der Waals surface area contributed by atoms with Crippen molar-refractivity contribution in [3.05, 3.63) is 50.7 Å². The quantitative estimate of drug-likeness (QED) is 0.474. The molecule has 0 unspecified atom stereocenters. The van der Waals surface area contributed by atoms with Gasteiger partial charge in [-0.15, -0.1) is 11.3 Å². The molecule has 1 amide bonds. The summed E-state index contributed by atoms with van der Waals surface area (Å²) in [4.78, 5) is 32.6. The highest BCUT2D eigenvalue weighted by Gasteiger charge is 2.37. The Bertz CT molecular complexity index is 1160. The number of anilines is 1. The summed E-state index contributed by atoms with van der Waals surface area (Å²) in [5.41, 5.74) is 1.59. The minimum Gasteiger partial charge on any atom is -0.489 e. The molecule has 2 aliphatic rings. The second-order valence-electron chi connectivity index (χ2n) is 7.50. The van der Waals surface area contributed by atoms with E-state index in [0.29, 0.717) is 44.4 Å². The average molecular weight is 457 g/mol. The van der Waals surface area contributed by atoms with Gasteiger partial charge in [-0.1, -0.05) is 11.3 Å². The summed E-state index contributed by atoms with van der Waals surface area (Å²) in [7, 11) is 0. The number of Topliss-reactive ketones (excluding diaryl/α,β-unsaturated/α-hetero) is 1. The summed E-state index contributed by atoms with van der Waals surface area (Å²) >= 11 is 2.69. The van der Waals surface area contributed by atoms with Gasteiger partial charge in [0.05, 0.1) is 15.4 Å². The molecule has 3 heterocycles. The minimum absolute atomic E-state index is 0.0245. The van der Waals surface area contributed by atoms with Crippen molar-refractivity contribution in [1.29, 1.82) is 0 Å². The Morgan fingerprint density at radius 2 is 2.03 bits per heavy atom. The molecule has 1 aliphatic heterocycles. The Balaban J connectivity index is 1.30. The standard InChI is InChI=1S/C22H20N2O5S2/c1-12-20(13(2)25)31-22(23-12)24(15-3-4-15)21(26)19-7-14(10-30-19)9-27-16-5-6-17-18(8-16)29-11-28-17/h5-8,10,15H,3-4,9,11H2,1-2H3. The van der Waals surface area contributed by atoms with E-state index in [9.17, 15) is 9.59 Å². The number of ketones is 1. The number of hydrogen-bond donors (Lipinski definition) is 0. The molecular formula is C22H20N2O5S2. The van der Waals surface area contributed by atoms with Gasteiger partial charge in [0.2, 0.25) is 6.79 Å². The molecule has 0 N–H and O–H groups in total. The van der Waals surface area contributed by atoms with Crippen LogP contribution in [0.1, 0.15) is 50.4 Å². The van der Waals surface area contributed by atoms with Crippen molar-refractivity contribution in [3.63, 3.8) is 0 Å². The Hall–Kier alpha value is -2.91. The molecule has 0 spiro atoms. The maximum absolute atomic E-state index is 13.3. The van der Waals surface area contributed by atoms with E-state index in [-0.39, 0.29) is 24.5 Å².